The molecule has 0 unspecified atom stereocenters. The van der Waals surface area contributed by atoms with Crippen molar-refractivity contribution >= 4 is 11.9 Å². The van der Waals surface area contributed by atoms with Gasteiger partial charge in [-0.25, -0.2) is 0 Å². The van der Waals surface area contributed by atoms with Gasteiger partial charge < -0.3 is 10.1 Å². The molecule has 0 aromatic carbocycles. The molecule has 2 heterocycles. The Morgan fingerprint density at radius 2 is 1.17 bits per heavy atom. The van der Waals surface area contributed by atoms with E-state index in [2.05, 4.69) is 19.2 Å². The van der Waals surface area contributed by atoms with Crippen LogP contribution in [0.5, 0.6) is 0 Å². The normalized spacial score (nSPS) is 18.0. The van der Waals surface area contributed by atoms with E-state index >= 15 is 0 Å². The van der Waals surface area contributed by atoms with E-state index in [1.54, 1.807) is 0 Å². The highest BCUT2D eigenvalue weighted by atomic mass is 16.5. The van der Waals surface area contributed by atoms with E-state index < -0.39 is 0 Å². The number of rotatable bonds is 0. The van der Waals surface area contributed by atoms with E-state index in [9.17, 15) is 9.59 Å². The molecular weight excluding hydrogens is 302 g/mol. The second-order valence-corrected chi connectivity index (χ2v) is 6.12. The molecule has 0 aromatic rings. The molecule has 0 aliphatic carbocycles. The predicted octanol–water partition coefficient (Wildman–Crippen LogP) is 5.60. The van der Waals surface area contributed by atoms with Gasteiger partial charge in [0.2, 0.25) is 5.91 Å². The molecule has 2 aliphatic rings. The third-order valence-corrected chi connectivity index (χ3v) is 2.65. The lowest BCUT2D eigenvalue weighted by Crippen LogP contribution is -2.16. The van der Waals surface area contributed by atoms with Crippen LogP contribution in [0.1, 0.15) is 95.9 Å². The third kappa shape index (κ3) is 19.0. The number of hydrogen-bond acceptors (Lipinski definition) is 3. The summed E-state index contributed by atoms with van der Waals surface area (Å²) in [5.41, 5.74) is 0.300. The summed E-state index contributed by atoms with van der Waals surface area (Å²) in [6.07, 6.45) is 1.26. The van der Waals surface area contributed by atoms with Gasteiger partial charge in [-0.2, -0.15) is 0 Å². The standard InChI is InChI=1S/C6H11NO.C6H10O2.4C2H6/c1-6(2)3-5(8)7-4-6;1-6(2)3-5(7)8-4-6;4*1-2/h3-4H2,1-2H3,(H,7,8);3-4H2,1-2H3;4*1-2H3. The monoisotopic (exact) mass is 347 g/mol. The smallest absolute Gasteiger partial charge is 0.306 e. The third-order valence-electron chi connectivity index (χ3n) is 2.65. The second kappa shape index (κ2) is 18.3. The van der Waals surface area contributed by atoms with Crippen molar-refractivity contribution in [3.63, 3.8) is 0 Å². The van der Waals surface area contributed by atoms with Gasteiger partial charge in [0.15, 0.2) is 0 Å². The van der Waals surface area contributed by atoms with Gasteiger partial charge in [-0.05, 0) is 5.41 Å². The van der Waals surface area contributed by atoms with Gasteiger partial charge in [-0.15, -0.1) is 0 Å². The zero-order valence-electron chi connectivity index (χ0n) is 18.6. The van der Waals surface area contributed by atoms with Gasteiger partial charge in [0.1, 0.15) is 0 Å². The van der Waals surface area contributed by atoms with Gasteiger partial charge in [0, 0.05) is 18.4 Å². The molecule has 24 heavy (non-hydrogen) atoms. The number of hydrogen-bond donors (Lipinski definition) is 1. The summed E-state index contributed by atoms with van der Waals surface area (Å²) in [5.74, 6) is 0.130. The van der Waals surface area contributed by atoms with E-state index in [0.29, 0.717) is 19.4 Å². The minimum atomic E-state index is -0.0602. The first kappa shape index (κ1) is 30.8. The minimum absolute atomic E-state index is 0.0602. The van der Waals surface area contributed by atoms with Crippen molar-refractivity contribution in [2.24, 2.45) is 10.8 Å². The highest BCUT2D eigenvalue weighted by Gasteiger charge is 2.30. The number of carbonyl (C=O) groups is 2. The molecule has 4 heteroatoms. The first-order chi connectivity index (χ1) is 11.2. The van der Waals surface area contributed by atoms with E-state index in [1.165, 1.54) is 0 Å². The molecule has 0 aromatic heterocycles. The van der Waals surface area contributed by atoms with Crippen molar-refractivity contribution in [2.45, 2.75) is 95.9 Å². The highest BCUT2D eigenvalue weighted by Crippen LogP contribution is 2.26. The quantitative estimate of drug-likeness (QED) is 0.580. The second-order valence-electron chi connectivity index (χ2n) is 6.12. The Morgan fingerprint density at radius 1 is 0.750 bits per heavy atom. The molecule has 2 fully saturated rings. The maximum atomic E-state index is 10.5. The van der Waals surface area contributed by atoms with Crippen LogP contribution in [0.4, 0.5) is 0 Å². The molecule has 0 atom stereocenters. The van der Waals surface area contributed by atoms with E-state index in [4.69, 9.17) is 4.74 Å². The molecule has 0 radical (unpaired) electrons. The lowest BCUT2D eigenvalue weighted by atomic mass is 9.93. The van der Waals surface area contributed by atoms with Crippen LogP contribution in [0.25, 0.3) is 0 Å². The molecular formula is C20H45NO3. The first-order valence-electron chi connectivity index (χ1n) is 9.63. The molecule has 0 spiro atoms. The molecule has 2 aliphatic heterocycles. The van der Waals surface area contributed by atoms with Crippen LogP contribution in [0.15, 0.2) is 0 Å². The summed E-state index contributed by atoms with van der Waals surface area (Å²) in [6.45, 7) is 25.7. The maximum Gasteiger partial charge on any atom is 0.306 e. The Balaban J connectivity index is -0.000000118. The molecule has 0 saturated carbocycles. The van der Waals surface area contributed by atoms with Gasteiger partial charge in [-0.3, -0.25) is 9.59 Å². The van der Waals surface area contributed by atoms with Crippen LogP contribution >= 0.6 is 0 Å². The Labute approximate surface area is 152 Å². The lowest BCUT2D eigenvalue weighted by Gasteiger charge is -2.11. The fourth-order valence-electron chi connectivity index (χ4n) is 1.67. The highest BCUT2D eigenvalue weighted by molar-refractivity contribution is 5.78. The Morgan fingerprint density at radius 3 is 1.25 bits per heavy atom. The topological polar surface area (TPSA) is 55.4 Å². The van der Waals surface area contributed by atoms with Gasteiger partial charge in [-0.1, -0.05) is 83.1 Å². The Hall–Kier alpha value is -1.06. The van der Waals surface area contributed by atoms with Crippen molar-refractivity contribution in [1.29, 1.82) is 0 Å². The first-order valence-corrected chi connectivity index (χ1v) is 9.63. The average Bonchev–Trinajstić information content (AvgIpc) is 3.07. The van der Waals surface area contributed by atoms with E-state index in [0.717, 1.165) is 6.54 Å². The maximum absolute atomic E-state index is 10.5. The number of esters is 1. The van der Waals surface area contributed by atoms with Crippen molar-refractivity contribution in [2.75, 3.05) is 13.2 Å². The summed E-state index contributed by atoms with van der Waals surface area (Å²) in [7, 11) is 0. The summed E-state index contributed by atoms with van der Waals surface area (Å²) in [6, 6.07) is 0. The molecule has 4 nitrogen and oxygen atoms in total. The van der Waals surface area contributed by atoms with Crippen LogP contribution in [0.3, 0.4) is 0 Å². The fourth-order valence-corrected chi connectivity index (χ4v) is 1.67. The number of cyclic esters (lactones) is 1. The summed E-state index contributed by atoms with van der Waals surface area (Å²) < 4.78 is 4.73. The summed E-state index contributed by atoms with van der Waals surface area (Å²) in [5, 5.41) is 2.77. The van der Waals surface area contributed by atoms with Crippen molar-refractivity contribution < 1.29 is 14.3 Å². The zero-order valence-corrected chi connectivity index (χ0v) is 18.6. The van der Waals surface area contributed by atoms with Gasteiger partial charge >= 0.3 is 5.97 Å². The van der Waals surface area contributed by atoms with Crippen LogP contribution in [0, 0.1) is 10.8 Å². The van der Waals surface area contributed by atoms with Crippen molar-refractivity contribution in [1.82, 2.24) is 5.32 Å². The predicted molar refractivity (Wildman–Crippen MR) is 106 cm³/mol. The molecule has 2 rings (SSSR count). The largest absolute Gasteiger partial charge is 0.465 e. The molecule has 0 bridgehead atoms. The van der Waals surface area contributed by atoms with Crippen LogP contribution in [-0.2, 0) is 14.3 Å². The zero-order chi connectivity index (χ0) is 20.4. The molecule has 148 valence electrons. The van der Waals surface area contributed by atoms with Gasteiger partial charge in [0.25, 0.3) is 0 Å². The SMILES string of the molecule is CC.CC.CC.CC.CC1(C)CNC(=O)C1.CC1(C)COC(=O)C1. The Kier molecular flexibility index (Phi) is 23.4. The number of ether oxygens (including phenoxy) is 1. The van der Waals surface area contributed by atoms with Crippen molar-refractivity contribution in [3.8, 4) is 0 Å². The fraction of sp³-hybridized carbons (Fsp3) is 0.900. The van der Waals surface area contributed by atoms with Crippen LogP contribution < -0.4 is 5.32 Å². The molecule has 1 N–H and O–H groups in total. The Bertz CT molecular complexity index is 267. The van der Waals surface area contributed by atoms with Gasteiger partial charge in [0.05, 0.1) is 13.0 Å². The molecule has 1 amide bonds. The minimum Gasteiger partial charge on any atom is -0.465 e. The number of carbonyl (C=O) groups excluding carboxylic acids is 2. The van der Waals surface area contributed by atoms with E-state index in [1.807, 2.05) is 69.2 Å². The van der Waals surface area contributed by atoms with E-state index in [-0.39, 0.29) is 22.7 Å². The number of amides is 1. The van der Waals surface area contributed by atoms with Crippen molar-refractivity contribution in [3.05, 3.63) is 0 Å². The van der Waals surface area contributed by atoms with Crippen LogP contribution in [-0.4, -0.2) is 25.0 Å². The average molecular weight is 348 g/mol. The summed E-state index contributed by atoms with van der Waals surface area (Å²) >= 11 is 0. The number of nitrogens with one attached hydrogen (secondary N) is 1. The summed E-state index contributed by atoms with van der Waals surface area (Å²) in [4.78, 5) is 21.0. The molecule has 2 saturated heterocycles. The lowest BCUT2D eigenvalue weighted by molar-refractivity contribution is -0.138. The van der Waals surface area contributed by atoms with Crippen LogP contribution in [0.2, 0.25) is 0 Å².